The third kappa shape index (κ3) is 2.61. The predicted octanol–water partition coefficient (Wildman–Crippen LogP) is 2.90. The van der Waals surface area contributed by atoms with E-state index in [2.05, 4.69) is 73.6 Å². The van der Waals surface area contributed by atoms with Gasteiger partial charge in [-0.15, -0.1) is 0 Å². The second-order valence-corrected chi connectivity index (χ2v) is 4.57. The van der Waals surface area contributed by atoms with Crippen LogP contribution < -0.4 is 0 Å². The monoisotopic (exact) mass is 213 g/mol. The second-order valence-electron chi connectivity index (χ2n) is 4.57. The number of rotatable bonds is 4. The first-order chi connectivity index (χ1) is 7.77. The van der Waals surface area contributed by atoms with E-state index in [9.17, 15) is 0 Å². The molecule has 1 aromatic rings. The molecule has 16 heavy (non-hydrogen) atoms. The van der Waals surface area contributed by atoms with Gasteiger partial charge < -0.3 is 4.90 Å². The molecule has 1 aliphatic carbocycles. The minimum Gasteiger partial charge on any atom is -0.305 e. The Balaban J connectivity index is 2.09. The lowest BCUT2D eigenvalue weighted by Gasteiger charge is -2.28. The third-order valence-corrected chi connectivity index (χ3v) is 3.17. The molecule has 0 radical (unpaired) electrons. The summed E-state index contributed by atoms with van der Waals surface area (Å²) in [5, 5.41) is 0. The molecule has 1 unspecified atom stereocenters. The van der Waals surface area contributed by atoms with Gasteiger partial charge in [0.2, 0.25) is 0 Å². The zero-order valence-electron chi connectivity index (χ0n) is 10.0. The largest absolute Gasteiger partial charge is 0.305 e. The molecule has 1 aromatic carbocycles. The first kappa shape index (κ1) is 11.2. The minimum absolute atomic E-state index is 0.551. The molecular weight excluding hydrogens is 194 g/mol. The molecule has 0 N–H and O–H groups in total. The predicted molar refractivity (Wildman–Crippen MR) is 69.4 cm³/mol. The Kier molecular flexibility index (Phi) is 3.58. The number of hydrogen-bond acceptors (Lipinski definition) is 1. The van der Waals surface area contributed by atoms with E-state index in [1.807, 2.05) is 0 Å². The number of nitrogens with zero attached hydrogens (tertiary/aromatic N) is 1. The maximum Gasteiger partial charge on any atom is 0.0227 e. The van der Waals surface area contributed by atoms with E-state index in [0.717, 1.165) is 6.42 Å². The first-order valence-corrected chi connectivity index (χ1v) is 5.83. The summed E-state index contributed by atoms with van der Waals surface area (Å²) >= 11 is 0. The van der Waals surface area contributed by atoms with Crippen molar-refractivity contribution in [2.24, 2.45) is 5.92 Å². The Hall–Kier alpha value is -1.34. The van der Waals surface area contributed by atoms with Crippen LogP contribution in [0.2, 0.25) is 0 Å². The van der Waals surface area contributed by atoms with Crippen LogP contribution in [0.1, 0.15) is 5.56 Å². The molecule has 1 nitrogen and oxygen atoms in total. The molecule has 0 heterocycles. The molecular formula is C15H19N. The fraction of sp³-hybridized carbons (Fsp3) is 0.333. The maximum absolute atomic E-state index is 2.32. The van der Waals surface area contributed by atoms with Crippen molar-refractivity contribution in [3.63, 3.8) is 0 Å². The van der Waals surface area contributed by atoms with Crippen LogP contribution >= 0.6 is 0 Å². The molecule has 1 aliphatic rings. The van der Waals surface area contributed by atoms with Gasteiger partial charge in [-0.1, -0.05) is 54.6 Å². The summed E-state index contributed by atoms with van der Waals surface area (Å²) in [6.07, 6.45) is 9.96. The quantitative estimate of drug-likeness (QED) is 0.743. The van der Waals surface area contributed by atoms with E-state index in [1.165, 1.54) is 5.56 Å². The smallest absolute Gasteiger partial charge is 0.0227 e. The fourth-order valence-electron chi connectivity index (χ4n) is 2.22. The highest BCUT2D eigenvalue weighted by Crippen LogP contribution is 2.20. The number of allylic oxidation sites excluding steroid dienone is 2. The highest BCUT2D eigenvalue weighted by atomic mass is 15.1. The van der Waals surface area contributed by atoms with Crippen molar-refractivity contribution in [2.45, 2.75) is 12.5 Å². The minimum atomic E-state index is 0.551. The summed E-state index contributed by atoms with van der Waals surface area (Å²) in [7, 11) is 4.32. The van der Waals surface area contributed by atoms with Gasteiger partial charge >= 0.3 is 0 Å². The summed E-state index contributed by atoms with van der Waals surface area (Å²) in [6, 6.07) is 11.3. The maximum atomic E-state index is 2.32. The van der Waals surface area contributed by atoms with E-state index in [0.29, 0.717) is 12.0 Å². The van der Waals surface area contributed by atoms with Gasteiger partial charge in [-0.2, -0.15) is 0 Å². The molecule has 0 saturated carbocycles. The van der Waals surface area contributed by atoms with Gasteiger partial charge in [0.1, 0.15) is 0 Å². The van der Waals surface area contributed by atoms with Crippen LogP contribution in [0.25, 0.3) is 0 Å². The Morgan fingerprint density at radius 3 is 2.25 bits per heavy atom. The first-order valence-electron chi connectivity index (χ1n) is 5.83. The van der Waals surface area contributed by atoms with Crippen LogP contribution in [-0.4, -0.2) is 25.0 Å². The molecule has 0 amide bonds. The second kappa shape index (κ2) is 5.13. The van der Waals surface area contributed by atoms with E-state index in [4.69, 9.17) is 0 Å². The molecule has 0 fully saturated rings. The van der Waals surface area contributed by atoms with Gasteiger partial charge in [-0.25, -0.2) is 0 Å². The van der Waals surface area contributed by atoms with Crippen LogP contribution in [0, 0.1) is 5.92 Å². The molecule has 2 rings (SSSR count). The molecule has 1 atom stereocenters. The molecule has 0 aliphatic heterocycles. The van der Waals surface area contributed by atoms with Crippen molar-refractivity contribution in [2.75, 3.05) is 14.1 Å². The highest BCUT2D eigenvalue weighted by molar-refractivity contribution is 5.23. The standard InChI is InChI=1S/C15H19N/c1-16(2)15(14-10-6-7-11-14)12-13-8-4-3-5-9-13/h3-11,14-15H,12H2,1-2H3. The molecule has 0 aromatic heterocycles. The van der Waals surface area contributed by atoms with Crippen LogP contribution in [0.3, 0.4) is 0 Å². The molecule has 0 saturated heterocycles. The SMILES string of the molecule is CN(C)C(Cc1ccccc1)C1C=CC=C1. The van der Waals surface area contributed by atoms with Gasteiger partial charge in [0.25, 0.3) is 0 Å². The van der Waals surface area contributed by atoms with Crippen molar-refractivity contribution in [3.05, 3.63) is 60.2 Å². The Bertz CT molecular complexity index is 364. The molecule has 0 bridgehead atoms. The van der Waals surface area contributed by atoms with Gasteiger partial charge in [-0.05, 0) is 26.1 Å². The Morgan fingerprint density at radius 1 is 1.06 bits per heavy atom. The average Bonchev–Trinajstić information content (AvgIpc) is 2.80. The summed E-state index contributed by atoms with van der Waals surface area (Å²) in [6.45, 7) is 0. The van der Waals surface area contributed by atoms with Crippen LogP contribution in [0.15, 0.2) is 54.6 Å². The Morgan fingerprint density at radius 2 is 1.69 bits per heavy atom. The van der Waals surface area contributed by atoms with Gasteiger partial charge in [0.15, 0.2) is 0 Å². The van der Waals surface area contributed by atoms with E-state index in [-0.39, 0.29) is 0 Å². The summed E-state index contributed by atoms with van der Waals surface area (Å²) < 4.78 is 0. The van der Waals surface area contributed by atoms with Crippen molar-refractivity contribution >= 4 is 0 Å². The van der Waals surface area contributed by atoms with Crippen molar-refractivity contribution in [1.82, 2.24) is 4.90 Å². The van der Waals surface area contributed by atoms with E-state index < -0.39 is 0 Å². The Labute approximate surface area is 98.1 Å². The van der Waals surface area contributed by atoms with Crippen molar-refractivity contribution in [1.29, 1.82) is 0 Å². The third-order valence-electron chi connectivity index (χ3n) is 3.17. The highest BCUT2D eigenvalue weighted by Gasteiger charge is 2.20. The number of likely N-dealkylation sites (N-methyl/N-ethyl adjacent to an activating group) is 1. The lowest BCUT2D eigenvalue weighted by Crippen LogP contribution is -2.35. The normalized spacial score (nSPS) is 17.2. The van der Waals surface area contributed by atoms with Crippen LogP contribution in [0.5, 0.6) is 0 Å². The zero-order chi connectivity index (χ0) is 11.4. The molecule has 1 heteroatoms. The lowest BCUT2D eigenvalue weighted by atomic mass is 9.94. The van der Waals surface area contributed by atoms with E-state index >= 15 is 0 Å². The van der Waals surface area contributed by atoms with Gasteiger partial charge in [-0.3, -0.25) is 0 Å². The topological polar surface area (TPSA) is 3.24 Å². The number of hydrogen-bond donors (Lipinski definition) is 0. The summed E-state index contributed by atoms with van der Waals surface area (Å²) in [5.41, 5.74) is 1.41. The summed E-state index contributed by atoms with van der Waals surface area (Å²) in [5.74, 6) is 0.551. The van der Waals surface area contributed by atoms with Crippen LogP contribution in [0.4, 0.5) is 0 Å². The van der Waals surface area contributed by atoms with Crippen molar-refractivity contribution in [3.8, 4) is 0 Å². The summed E-state index contributed by atoms with van der Waals surface area (Å²) in [4.78, 5) is 2.32. The zero-order valence-corrected chi connectivity index (χ0v) is 10.0. The van der Waals surface area contributed by atoms with E-state index in [1.54, 1.807) is 0 Å². The van der Waals surface area contributed by atoms with Crippen molar-refractivity contribution < 1.29 is 0 Å². The average molecular weight is 213 g/mol. The lowest BCUT2D eigenvalue weighted by molar-refractivity contribution is 0.260. The van der Waals surface area contributed by atoms with Gasteiger partial charge in [0.05, 0.1) is 0 Å². The van der Waals surface area contributed by atoms with Gasteiger partial charge in [0, 0.05) is 12.0 Å². The fourth-order valence-corrected chi connectivity index (χ4v) is 2.22. The molecule has 84 valence electrons. The molecule has 0 spiro atoms. The number of benzene rings is 1. The van der Waals surface area contributed by atoms with Crippen LogP contribution in [-0.2, 0) is 6.42 Å².